The highest BCUT2D eigenvalue weighted by molar-refractivity contribution is 5.95. The molecule has 1 N–H and O–H groups in total. The zero-order valence-corrected chi connectivity index (χ0v) is 17.3. The van der Waals surface area contributed by atoms with Gasteiger partial charge in [-0.3, -0.25) is 4.79 Å². The highest BCUT2D eigenvalue weighted by atomic mass is 16.5. The van der Waals surface area contributed by atoms with Crippen LogP contribution in [0, 0.1) is 11.3 Å². The number of nitrogens with one attached hydrogen (secondary N) is 1. The molecule has 1 aliphatic heterocycles. The topological polar surface area (TPSA) is 73.2 Å². The first kappa shape index (κ1) is 19.4. The molecule has 4 rings (SSSR count). The molecule has 29 heavy (non-hydrogen) atoms. The van der Waals surface area contributed by atoms with Gasteiger partial charge < -0.3 is 10.1 Å². The molecule has 0 radical (unpaired) electrons. The second kappa shape index (κ2) is 7.17. The van der Waals surface area contributed by atoms with Gasteiger partial charge >= 0.3 is 5.97 Å². The maximum Gasteiger partial charge on any atom is 0.336 e. The van der Waals surface area contributed by atoms with E-state index in [-0.39, 0.29) is 35.0 Å². The van der Waals surface area contributed by atoms with Crippen molar-refractivity contribution >= 4 is 11.8 Å². The Kier molecular flexibility index (Phi) is 4.81. The standard InChI is InChI=1S/C23H27N3O3/c1-14-19(22(28)29-4)20(21-17(25-14)12-23(2,3)13-18(21)27)15-6-8-16(9-7-15)26-11-5-10-24-26/h5-11,17,20-21,25H,12-13H2,1-4H3. The van der Waals surface area contributed by atoms with Crippen molar-refractivity contribution in [1.29, 1.82) is 0 Å². The van der Waals surface area contributed by atoms with Crippen LogP contribution in [0.1, 0.15) is 45.1 Å². The predicted molar refractivity (Wildman–Crippen MR) is 109 cm³/mol. The van der Waals surface area contributed by atoms with Crippen LogP contribution in [0.15, 0.2) is 54.0 Å². The third-order valence-electron chi connectivity index (χ3n) is 6.13. The first-order valence-electron chi connectivity index (χ1n) is 9.99. The summed E-state index contributed by atoms with van der Waals surface area (Å²) in [6, 6.07) is 9.81. The quantitative estimate of drug-likeness (QED) is 0.810. The molecule has 1 saturated carbocycles. The number of nitrogens with zero attached hydrogens (tertiary/aromatic N) is 2. The number of benzene rings is 1. The molecule has 0 saturated heterocycles. The summed E-state index contributed by atoms with van der Waals surface area (Å²) in [6.45, 7) is 6.16. The molecule has 2 aliphatic rings. The van der Waals surface area contributed by atoms with E-state index in [0.29, 0.717) is 12.0 Å². The number of hydrogen-bond donors (Lipinski definition) is 1. The number of allylic oxidation sites excluding steroid dienone is 1. The fourth-order valence-corrected chi connectivity index (χ4v) is 4.96. The maximum atomic E-state index is 13.2. The van der Waals surface area contributed by atoms with Gasteiger partial charge in [-0.15, -0.1) is 0 Å². The summed E-state index contributed by atoms with van der Waals surface area (Å²) in [5.41, 5.74) is 3.17. The monoisotopic (exact) mass is 393 g/mol. The lowest BCUT2D eigenvalue weighted by Gasteiger charge is -2.47. The molecular formula is C23H27N3O3. The molecule has 2 aromatic rings. The minimum Gasteiger partial charge on any atom is -0.466 e. The molecule has 6 heteroatoms. The van der Waals surface area contributed by atoms with Gasteiger partial charge in [0.15, 0.2) is 0 Å². The number of methoxy groups -OCH3 is 1. The van der Waals surface area contributed by atoms with E-state index in [2.05, 4.69) is 24.3 Å². The summed E-state index contributed by atoms with van der Waals surface area (Å²) in [6.07, 6.45) is 5.02. The SMILES string of the molecule is COC(=O)C1=C(C)NC2CC(C)(C)CC(=O)C2C1c1ccc(-n2cccn2)cc1. The normalized spacial score (nSPS) is 25.9. The Bertz CT molecular complexity index is 958. The Balaban J connectivity index is 1.79. The molecule has 2 heterocycles. The molecule has 1 fully saturated rings. The van der Waals surface area contributed by atoms with E-state index in [1.165, 1.54) is 7.11 Å². The number of aromatic nitrogens is 2. The largest absolute Gasteiger partial charge is 0.466 e. The molecule has 0 bridgehead atoms. The summed E-state index contributed by atoms with van der Waals surface area (Å²) in [7, 11) is 1.39. The highest BCUT2D eigenvalue weighted by Gasteiger charge is 2.49. The molecule has 1 aliphatic carbocycles. The molecule has 1 aromatic heterocycles. The Hall–Kier alpha value is -2.89. The minimum atomic E-state index is -0.382. The number of carbonyl (C=O) groups is 2. The van der Waals surface area contributed by atoms with Gasteiger partial charge in [-0.1, -0.05) is 26.0 Å². The van der Waals surface area contributed by atoms with Gasteiger partial charge in [-0.05, 0) is 42.5 Å². The van der Waals surface area contributed by atoms with Gasteiger partial charge in [0.1, 0.15) is 5.78 Å². The minimum absolute atomic E-state index is 0.00967. The number of esters is 1. The number of ether oxygens (including phenoxy) is 1. The first-order chi connectivity index (χ1) is 13.8. The van der Waals surface area contributed by atoms with Crippen molar-refractivity contribution in [2.24, 2.45) is 11.3 Å². The number of ketones is 1. The predicted octanol–water partition coefficient (Wildman–Crippen LogP) is 3.38. The molecule has 3 atom stereocenters. The van der Waals surface area contributed by atoms with Crippen molar-refractivity contribution in [2.45, 2.75) is 45.6 Å². The third-order valence-corrected chi connectivity index (χ3v) is 6.13. The highest BCUT2D eigenvalue weighted by Crippen LogP contribution is 2.47. The van der Waals surface area contributed by atoms with Crippen molar-refractivity contribution in [3.05, 3.63) is 59.6 Å². The Morgan fingerprint density at radius 2 is 2.00 bits per heavy atom. The molecule has 0 spiro atoms. The maximum absolute atomic E-state index is 13.2. The van der Waals surface area contributed by atoms with Gasteiger partial charge in [-0.2, -0.15) is 5.10 Å². The van der Waals surface area contributed by atoms with E-state index in [1.807, 2.05) is 43.5 Å². The number of hydrogen-bond acceptors (Lipinski definition) is 5. The fourth-order valence-electron chi connectivity index (χ4n) is 4.96. The Labute approximate surface area is 170 Å². The van der Waals surface area contributed by atoms with E-state index in [0.717, 1.165) is 23.4 Å². The van der Waals surface area contributed by atoms with Gasteiger partial charge in [-0.25, -0.2) is 9.48 Å². The summed E-state index contributed by atoms with van der Waals surface area (Å²) >= 11 is 0. The van der Waals surface area contributed by atoms with Gasteiger partial charge in [0.25, 0.3) is 0 Å². The van der Waals surface area contributed by atoms with Crippen LogP contribution in [0.3, 0.4) is 0 Å². The molecule has 152 valence electrons. The fraction of sp³-hybridized carbons (Fsp3) is 0.435. The second-order valence-corrected chi connectivity index (χ2v) is 8.84. The van der Waals surface area contributed by atoms with E-state index in [1.54, 1.807) is 10.9 Å². The zero-order chi connectivity index (χ0) is 20.8. The molecule has 0 amide bonds. The summed E-state index contributed by atoms with van der Waals surface area (Å²) in [5.74, 6) is -0.776. The average Bonchev–Trinajstić information content (AvgIpc) is 3.20. The number of carbonyl (C=O) groups excluding carboxylic acids is 2. The van der Waals surface area contributed by atoms with Crippen LogP contribution in [0.4, 0.5) is 0 Å². The Morgan fingerprint density at radius 3 is 2.62 bits per heavy atom. The van der Waals surface area contributed by atoms with Crippen molar-refractivity contribution < 1.29 is 14.3 Å². The van der Waals surface area contributed by atoms with Crippen molar-refractivity contribution in [3.63, 3.8) is 0 Å². The smallest absolute Gasteiger partial charge is 0.336 e. The van der Waals surface area contributed by atoms with Crippen molar-refractivity contribution in [2.75, 3.05) is 7.11 Å². The lowest BCUT2D eigenvalue weighted by molar-refractivity contribution is -0.137. The van der Waals surface area contributed by atoms with Crippen LogP contribution in [-0.2, 0) is 14.3 Å². The number of fused-ring (bicyclic) bond motifs is 1. The molecule has 3 unspecified atom stereocenters. The third kappa shape index (κ3) is 3.48. The lowest BCUT2D eigenvalue weighted by atomic mass is 9.61. The van der Waals surface area contributed by atoms with Crippen LogP contribution in [-0.4, -0.2) is 34.7 Å². The first-order valence-corrected chi connectivity index (χ1v) is 9.99. The van der Waals surface area contributed by atoms with Crippen molar-refractivity contribution in [1.82, 2.24) is 15.1 Å². The van der Waals surface area contributed by atoms with Crippen molar-refractivity contribution in [3.8, 4) is 5.69 Å². The lowest BCUT2D eigenvalue weighted by Crippen LogP contribution is -2.54. The average molecular weight is 393 g/mol. The Morgan fingerprint density at radius 1 is 1.28 bits per heavy atom. The van der Waals surface area contributed by atoms with Crippen LogP contribution < -0.4 is 5.32 Å². The molecule has 6 nitrogen and oxygen atoms in total. The van der Waals surface area contributed by atoms with E-state index >= 15 is 0 Å². The van der Waals surface area contributed by atoms with Gasteiger partial charge in [0.2, 0.25) is 0 Å². The van der Waals surface area contributed by atoms with Crippen LogP contribution >= 0.6 is 0 Å². The van der Waals surface area contributed by atoms with E-state index < -0.39 is 0 Å². The zero-order valence-electron chi connectivity index (χ0n) is 17.3. The number of rotatable bonds is 3. The second-order valence-electron chi connectivity index (χ2n) is 8.84. The number of Topliss-reactive ketones (excluding diaryl/α,β-unsaturated/α-hetero) is 1. The van der Waals surface area contributed by atoms with Crippen LogP contribution in [0.25, 0.3) is 5.69 Å². The van der Waals surface area contributed by atoms with Crippen LogP contribution in [0.5, 0.6) is 0 Å². The summed E-state index contributed by atoms with van der Waals surface area (Å²) in [5, 5.41) is 7.71. The van der Waals surface area contributed by atoms with Crippen LogP contribution in [0.2, 0.25) is 0 Å². The van der Waals surface area contributed by atoms with E-state index in [9.17, 15) is 9.59 Å². The molecule has 1 aromatic carbocycles. The summed E-state index contributed by atoms with van der Waals surface area (Å²) in [4.78, 5) is 25.9. The van der Waals surface area contributed by atoms with E-state index in [4.69, 9.17) is 4.74 Å². The van der Waals surface area contributed by atoms with Gasteiger partial charge in [0, 0.05) is 42.4 Å². The van der Waals surface area contributed by atoms with Gasteiger partial charge in [0.05, 0.1) is 18.4 Å². The summed E-state index contributed by atoms with van der Waals surface area (Å²) < 4.78 is 6.87. The molecular weight excluding hydrogens is 366 g/mol.